The number of halogens is 1. The summed E-state index contributed by atoms with van der Waals surface area (Å²) in [6.45, 7) is 4.87. The number of benzene rings is 1. The molecule has 3 rings (SSSR count). The molecule has 1 aromatic heterocycles. The predicted octanol–water partition coefficient (Wildman–Crippen LogP) is 3.41. The van der Waals surface area contributed by atoms with Gasteiger partial charge in [0, 0.05) is 30.4 Å². The lowest BCUT2D eigenvalue weighted by Gasteiger charge is -2.32. The van der Waals surface area contributed by atoms with Gasteiger partial charge in [0.15, 0.2) is 5.82 Å². The number of aryl methyl sites for hydroxylation is 1. The Bertz CT molecular complexity index is 664. The number of hydrogen-bond acceptors (Lipinski definition) is 4. The van der Waals surface area contributed by atoms with Gasteiger partial charge in [-0.3, -0.25) is 0 Å². The third-order valence-corrected chi connectivity index (χ3v) is 4.65. The minimum Gasteiger partial charge on any atom is -0.356 e. The van der Waals surface area contributed by atoms with Crippen LogP contribution in [-0.2, 0) is 6.42 Å². The first kappa shape index (κ1) is 16.8. The highest BCUT2D eigenvalue weighted by atomic mass is 19.1. The summed E-state index contributed by atoms with van der Waals surface area (Å²) in [5.74, 6) is 2.03. The molecule has 2 heterocycles. The van der Waals surface area contributed by atoms with Gasteiger partial charge in [-0.1, -0.05) is 13.3 Å². The number of piperidine rings is 1. The molecular formula is C19H25FN4. The van der Waals surface area contributed by atoms with Gasteiger partial charge in [0.2, 0.25) is 0 Å². The lowest BCUT2D eigenvalue weighted by molar-refractivity contribution is 0.413. The molecule has 0 amide bonds. The minimum absolute atomic E-state index is 0.243. The van der Waals surface area contributed by atoms with Crippen molar-refractivity contribution in [3.8, 4) is 11.4 Å². The quantitative estimate of drug-likeness (QED) is 0.914. The summed E-state index contributed by atoms with van der Waals surface area (Å²) in [6.07, 6.45) is 4.17. The summed E-state index contributed by atoms with van der Waals surface area (Å²) >= 11 is 0. The van der Waals surface area contributed by atoms with Crippen LogP contribution in [0.5, 0.6) is 0 Å². The van der Waals surface area contributed by atoms with E-state index in [0.717, 1.165) is 62.4 Å². The maximum absolute atomic E-state index is 13.2. The number of rotatable bonds is 5. The summed E-state index contributed by atoms with van der Waals surface area (Å²) in [7, 11) is 0. The first-order valence-electron chi connectivity index (χ1n) is 8.78. The van der Waals surface area contributed by atoms with Gasteiger partial charge in [-0.15, -0.1) is 0 Å². The minimum atomic E-state index is -0.243. The van der Waals surface area contributed by atoms with Gasteiger partial charge >= 0.3 is 0 Å². The maximum Gasteiger partial charge on any atom is 0.161 e. The molecule has 5 heteroatoms. The second-order valence-corrected chi connectivity index (χ2v) is 6.46. The predicted molar refractivity (Wildman–Crippen MR) is 95.4 cm³/mol. The molecule has 0 aliphatic carbocycles. The summed E-state index contributed by atoms with van der Waals surface area (Å²) in [4.78, 5) is 11.7. The van der Waals surface area contributed by atoms with Crippen LogP contribution in [0.15, 0.2) is 30.3 Å². The van der Waals surface area contributed by atoms with Crippen molar-refractivity contribution in [1.29, 1.82) is 0 Å². The van der Waals surface area contributed by atoms with Crippen LogP contribution in [0.4, 0.5) is 10.2 Å². The van der Waals surface area contributed by atoms with Gasteiger partial charge in [-0.05, 0) is 56.0 Å². The Hall–Kier alpha value is -2.01. The summed E-state index contributed by atoms with van der Waals surface area (Å²) < 4.78 is 13.2. The van der Waals surface area contributed by atoms with Gasteiger partial charge in [0.05, 0.1) is 0 Å². The zero-order chi connectivity index (χ0) is 16.9. The summed E-state index contributed by atoms with van der Waals surface area (Å²) in [5, 5.41) is 0. The van der Waals surface area contributed by atoms with Crippen molar-refractivity contribution < 1.29 is 4.39 Å². The van der Waals surface area contributed by atoms with E-state index in [0.29, 0.717) is 11.7 Å². The fraction of sp³-hybridized carbons (Fsp3) is 0.474. The second-order valence-electron chi connectivity index (χ2n) is 6.46. The third kappa shape index (κ3) is 3.90. The molecule has 0 atom stereocenters. The van der Waals surface area contributed by atoms with Crippen LogP contribution in [0.25, 0.3) is 11.4 Å². The largest absolute Gasteiger partial charge is 0.356 e. The van der Waals surface area contributed by atoms with Crippen LogP contribution in [-0.4, -0.2) is 29.6 Å². The molecule has 0 radical (unpaired) electrons. The Balaban J connectivity index is 1.90. The third-order valence-electron chi connectivity index (χ3n) is 4.65. The monoisotopic (exact) mass is 328 g/mol. The average Bonchev–Trinajstić information content (AvgIpc) is 2.62. The normalized spacial score (nSPS) is 15.7. The van der Waals surface area contributed by atoms with Crippen molar-refractivity contribution in [2.24, 2.45) is 11.7 Å². The molecule has 0 unspecified atom stereocenters. The Kier molecular flexibility index (Phi) is 5.41. The van der Waals surface area contributed by atoms with Gasteiger partial charge < -0.3 is 10.6 Å². The number of anilines is 1. The fourth-order valence-corrected chi connectivity index (χ4v) is 3.16. The second kappa shape index (κ2) is 7.71. The Morgan fingerprint density at radius 2 is 1.88 bits per heavy atom. The zero-order valence-corrected chi connectivity index (χ0v) is 14.2. The summed E-state index contributed by atoms with van der Waals surface area (Å²) in [6, 6.07) is 8.49. The van der Waals surface area contributed by atoms with Crippen LogP contribution in [0.3, 0.4) is 0 Å². The lowest BCUT2D eigenvalue weighted by atomic mass is 9.97. The van der Waals surface area contributed by atoms with Crippen LogP contribution >= 0.6 is 0 Å². The molecule has 1 fully saturated rings. The summed E-state index contributed by atoms with van der Waals surface area (Å²) in [5.41, 5.74) is 7.69. The molecule has 2 N–H and O–H groups in total. The van der Waals surface area contributed by atoms with Crippen LogP contribution in [0, 0.1) is 11.7 Å². The number of aromatic nitrogens is 2. The van der Waals surface area contributed by atoms with Crippen molar-refractivity contribution in [2.45, 2.75) is 32.6 Å². The molecule has 2 aromatic rings. The van der Waals surface area contributed by atoms with Gasteiger partial charge in [0.1, 0.15) is 11.6 Å². The average molecular weight is 328 g/mol. The highest BCUT2D eigenvalue weighted by Crippen LogP contribution is 2.25. The Morgan fingerprint density at radius 1 is 1.17 bits per heavy atom. The van der Waals surface area contributed by atoms with E-state index >= 15 is 0 Å². The van der Waals surface area contributed by atoms with Gasteiger partial charge in [-0.25, -0.2) is 14.4 Å². The van der Waals surface area contributed by atoms with Crippen molar-refractivity contribution in [1.82, 2.24) is 9.97 Å². The van der Waals surface area contributed by atoms with Crippen LogP contribution in [0.2, 0.25) is 0 Å². The molecule has 1 aromatic carbocycles. The smallest absolute Gasteiger partial charge is 0.161 e. The first-order chi connectivity index (χ1) is 11.7. The van der Waals surface area contributed by atoms with Crippen LogP contribution < -0.4 is 10.6 Å². The van der Waals surface area contributed by atoms with Crippen molar-refractivity contribution in [2.75, 3.05) is 24.5 Å². The molecule has 4 nitrogen and oxygen atoms in total. The molecule has 1 saturated heterocycles. The SMILES string of the molecule is CCCc1cc(N2CCC(CN)CC2)nc(-c2ccc(F)cc2)n1. The van der Waals surface area contributed by atoms with E-state index in [2.05, 4.69) is 22.9 Å². The molecule has 128 valence electrons. The Morgan fingerprint density at radius 3 is 2.50 bits per heavy atom. The molecule has 1 aliphatic heterocycles. The van der Waals surface area contributed by atoms with Crippen molar-refractivity contribution in [3.05, 3.63) is 41.8 Å². The first-order valence-corrected chi connectivity index (χ1v) is 8.78. The van der Waals surface area contributed by atoms with E-state index in [4.69, 9.17) is 10.7 Å². The molecular weight excluding hydrogens is 303 g/mol. The van der Waals surface area contributed by atoms with E-state index in [9.17, 15) is 4.39 Å². The molecule has 1 aliphatic rings. The van der Waals surface area contributed by atoms with Crippen molar-refractivity contribution in [3.63, 3.8) is 0 Å². The van der Waals surface area contributed by atoms with Crippen molar-refractivity contribution >= 4 is 5.82 Å². The number of nitrogens with zero attached hydrogens (tertiary/aromatic N) is 3. The fourth-order valence-electron chi connectivity index (χ4n) is 3.16. The number of hydrogen-bond donors (Lipinski definition) is 1. The molecule has 0 spiro atoms. The van der Waals surface area contributed by atoms with Crippen LogP contribution in [0.1, 0.15) is 31.9 Å². The van der Waals surface area contributed by atoms with E-state index < -0.39 is 0 Å². The van der Waals surface area contributed by atoms with E-state index in [-0.39, 0.29) is 5.82 Å². The maximum atomic E-state index is 13.2. The van der Waals surface area contributed by atoms with E-state index in [1.165, 1.54) is 12.1 Å². The van der Waals surface area contributed by atoms with Gasteiger partial charge in [0.25, 0.3) is 0 Å². The topological polar surface area (TPSA) is 55.0 Å². The Labute approximate surface area is 142 Å². The molecule has 0 saturated carbocycles. The standard InChI is InChI=1S/C19H25FN4/c1-2-3-17-12-18(24-10-8-14(13-21)9-11-24)23-19(22-17)15-4-6-16(20)7-5-15/h4-7,12,14H,2-3,8-11,13,21H2,1H3. The van der Waals surface area contributed by atoms with E-state index in [1.54, 1.807) is 12.1 Å². The highest BCUT2D eigenvalue weighted by molar-refractivity contribution is 5.58. The molecule has 24 heavy (non-hydrogen) atoms. The zero-order valence-electron chi connectivity index (χ0n) is 14.2. The highest BCUT2D eigenvalue weighted by Gasteiger charge is 2.20. The lowest BCUT2D eigenvalue weighted by Crippen LogP contribution is -2.36. The molecule has 0 bridgehead atoms. The number of nitrogens with two attached hydrogens (primary N) is 1. The van der Waals surface area contributed by atoms with Gasteiger partial charge in [-0.2, -0.15) is 0 Å². The van der Waals surface area contributed by atoms with E-state index in [1.807, 2.05) is 0 Å².